The Kier molecular flexibility index (Phi) is 4.27. The maximum atomic E-state index is 12.6. The Morgan fingerprint density at radius 2 is 1.85 bits per heavy atom. The van der Waals surface area contributed by atoms with Crippen molar-refractivity contribution in [1.82, 2.24) is 4.31 Å². The van der Waals surface area contributed by atoms with E-state index < -0.39 is 10.0 Å². The first-order valence-corrected chi connectivity index (χ1v) is 8.01. The van der Waals surface area contributed by atoms with Crippen LogP contribution in [0.4, 0.5) is 0 Å². The minimum absolute atomic E-state index is 0.135. The lowest BCUT2D eigenvalue weighted by Gasteiger charge is -2.34. The van der Waals surface area contributed by atoms with E-state index in [0.717, 1.165) is 0 Å². The second-order valence-corrected chi connectivity index (χ2v) is 7.10. The van der Waals surface area contributed by atoms with Gasteiger partial charge in [0.05, 0.1) is 17.1 Å². The molecule has 1 heterocycles. The predicted molar refractivity (Wildman–Crippen MR) is 75.2 cm³/mol. The fourth-order valence-corrected chi connectivity index (χ4v) is 3.99. The Morgan fingerprint density at radius 1 is 1.25 bits per heavy atom. The largest absolute Gasteiger partial charge is 0.373 e. The third-order valence-electron chi connectivity index (χ3n) is 3.26. The molecule has 0 radical (unpaired) electrons. The highest BCUT2D eigenvalue weighted by Gasteiger charge is 2.32. The molecular formula is C14H19NO4S. The van der Waals surface area contributed by atoms with Crippen LogP contribution in [0.2, 0.25) is 0 Å². The molecule has 1 saturated heterocycles. The number of ketones is 1. The Hall–Kier alpha value is -1.24. The fourth-order valence-electron chi connectivity index (χ4n) is 2.35. The summed E-state index contributed by atoms with van der Waals surface area (Å²) in [7, 11) is -3.58. The van der Waals surface area contributed by atoms with Crippen LogP contribution >= 0.6 is 0 Å². The van der Waals surface area contributed by atoms with Gasteiger partial charge in [0.2, 0.25) is 10.0 Å². The molecule has 0 spiro atoms. The van der Waals surface area contributed by atoms with E-state index in [-0.39, 0.29) is 22.9 Å². The number of rotatable bonds is 3. The molecule has 0 unspecified atom stereocenters. The van der Waals surface area contributed by atoms with Crippen molar-refractivity contribution in [2.45, 2.75) is 37.9 Å². The number of ether oxygens (including phenoxy) is 1. The molecule has 6 heteroatoms. The zero-order valence-corrected chi connectivity index (χ0v) is 12.7. The van der Waals surface area contributed by atoms with E-state index in [0.29, 0.717) is 18.7 Å². The molecule has 2 rings (SSSR count). The molecule has 1 aliphatic rings. The standard InChI is InChI=1S/C14H19NO4S/c1-10-8-15(9-11(2)19-10)20(17,18)14-6-4-5-13(7-14)12(3)16/h4-7,10-11H,8-9H2,1-3H3/t10-,11-/m1/s1. The summed E-state index contributed by atoms with van der Waals surface area (Å²) in [5.74, 6) is -0.147. The summed E-state index contributed by atoms with van der Waals surface area (Å²) in [5.41, 5.74) is 0.403. The van der Waals surface area contributed by atoms with Crippen LogP contribution in [0, 0.1) is 0 Å². The molecule has 1 aromatic rings. The van der Waals surface area contributed by atoms with Crippen LogP contribution in [0.1, 0.15) is 31.1 Å². The zero-order chi connectivity index (χ0) is 14.9. The van der Waals surface area contributed by atoms with Crippen LogP contribution in [0.5, 0.6) is 0 Å². The number of benzene rings is 1. The third-order valence-corrected chi connectivity index (χ3v) is 5.09. The molecule has 5 nitrogen and oxygen atoms in total. The molecule has 2 atom stereocenters. The van der Waals surface area contributed by atoms with E-state index in [1.54, 1.807) is 12.1 Å². The van der Waals surface area contributed by atoms with Gasteiger partial charge in [0, 0.05) is 18.7 Å². The maximum absolute atomic E-state index is 12.6. The monoisotopic (exact) mass is 297 g/mol. The average Bonchev–Trinajstić information content (AvgIpc) is 2.37. The highest BCUT2D eigenvalue weighted by Crippen LogP contribution is 2.21. The van der Waals surface area contributed by atoms with Crippen molar-refractivity contribution in [2.75, 3.05) is 13.1 Å². The molecule has 1 aliphatic heterocycles. The summed E-state index contributed by atoms with van der Waals surface area (Å²) in [6.07, 6.45) is -0.269. The van der Waals surface area contributed by atoms with Gasteiger partial charge in [-0.3, -0.25) is 4.79 Å². The topological polar surface area (TPSA) is 63.7 Å². The van der Waals surface area contributed by atoms with Gasteiger partial charge in [-0.25, -0.2) is 8.42 Å². The summed E-state index contributed by atoms with van der Waals surface area (Å²) >= 11 is 0. The van der Waals surface area contributed by atoms with Crippen LogP contribution < -0.4 is 0 Å². The first kappa shape index (κ1) is 15.2. The van der Waals surface area contributed by atoms with Gasteiger partial charge in [0.25, 0.3) is 0 Å². The van der Waals surface area contributed by atoms with Crippen molar-refractivity contribution >= 4 is 15.8 Å². The minimum atomic E-state index is -3.58. The molecule has 110 valence electrons. The zero-order valence-electron chi connectivity index (χ0n) is 11.9. The molecule has 0 amide bonds. The molecule has 0 aliphatic carbocycles. The van der Waals surface area contributed by atoms with Gasteiger partial charge in [-0.15, -0.1) is 0 Å². The number of Topliss-reactive ketones (excluding diaryl/α,β-unsaturated/α-hetero) is 1. The third kappa shape index (κ3) is 3.08. The molecule has 20 heavy (non-hydrogen) atoms. The molecule has 0 N–H and O–H groups in total. The van der Waals surface area contributed by atoms with Crippen molar-refractivity contribution in [2.24, 2.45) is 0 Å². The van der Waals surface area contributed by atoms with Crippen LogP contribution in [-0.2, 0) is 14.8 Å². The lowest BCUT2D eigenvalue weighted by Crippen LogP contribution is -2.48. The van der Waals surface area contributed by atoms with Crippen molar-refractivity contribution in [3.63, 3.8) is 0 Å². The first-order valence-electron chi connectivity index (χ1n) is 6.57. The van der Waals surface area contributed by atoms with E-state index in [4.69, 9.17) is 4.74 Å². The van der Waals surface area contributed by atoms with E-state index in [1.807, 2.05) is 13.8 Å². The van der Waals surface area contributed by atoms with Crippen molar-refractivity contribution < 1.29 is 17.9 Å². The lowest BCUT2D eigenvalue weighted by molar-refractivity contribution is -0.0440. The lowest BCUT2D eigenvalue weighted by atomic mass is 10.2. The van der Waals surface area contributed by atoms with Crippen molar-refractivity contribution in [1.29, 1.82) is 0 Å². The van der Waals surface area contributed by atoms with E-state index in [2.05, 4.69) is 0 Å². The Balaban J connectivity index is 2.34. The molecule has 0 bridgehead atoms. The minimum Gasteiger partial charge on any atom is -0.373 e. The van der Waals surface area contributed by atoms with Gasteiger partial charge in [0.1, 0.15) is 0 Å². The summed E-state index contributed by atoms with van der Waals surface area (Å²) in [6.45, 7) is 5.78. The van der Waals surface area contributed by atoms with Gasteiger partial charge in [-0.1, -0.05) is 12.1 Å². The molecule has 0 aromatic heterocycles. The number of hydrogen-bond acceptors (Lipinski definition) is 4. The quantitative estimate of drug-likeness (QED) is 0.796. The summed E-state index contributed by atoms with van der Waals surface area (Å²) in [5, 5.41) is 0. The number of sulfonamides is 1. The Labute approximate surface area is 119 Å². The van der Waals surface area contributed by atoms with Crippen molar-refractivity contribution in [3.05, 3.63) is 29.8 Å². The summed E-state index contributed by atoms with van der Waals surface area (Å²) in [4.78, 5) is 11.5. The number of nitrogens with zero attached hydrogens (tertiary/aromatic N) is 1. The molecular weight excluding hydrogens is 278 g/mol. The Bertz CT molecular complexity index is 601. The number of hydrogen-bond donors (Lipinski definition) is 0. The number of carbonyl (C=O) groups excluding carboxylic acids is 1. The van der Waals surface area contributed by atoms with E-state index in [1.165, 1.54) is 23.4 Å². The second kappa shape index (κ2) is 5.63. The number of morpholine rings is 1. The van der Waals surface area contributed by atoms with Gasteiger partial charge in [0.15, 0.2) is 5.78 Å². The highest BCUT2D eigenvalue weighted by molar-refractivity contribution is 7.89. The van der Waals surface area contributed by atoms with Crippen LogP contribution in [0.3, 0.4) is 0 Å². The van der Waals surface area contributed by atoms with Crippen LogP contribution in [-0.4, -0.2) is 43.8 Å². The SMILES string of the molecule is CC(=O)c1cccc(S(=O)(=O)N2C[C@@H](C)O[C@H](C)C2)c1. The van der Waals surface area contributed by atoms with Crippen LogP contribution in [0.15, 0.2) is 29.2 Å². The molecule has 1 aromatic carbocycles. The smallest absolute Gasteiger partial charge is 0.243 e. The van der Waals surface area contributed by atoms with Gasteiger partial charge in [-0.2, -0.15) is 4.31 Å². The highest BCUT2D eigenvalue weighted by atomic mass is 32.2. The Morgan fingerprint density at radius 3 is 2.40 bits per heavy atom. The van der Waals surface area contributed by atoms with Gasteiger partial charge < -0.3 is 4.74 Å². The molecule has 1 fully saturated rings. The van der Waals surface area contributed by atoms with Crippen LogP contribution in [0.25, 0.3) is 0 Å². The van der Waals surface area contributed by atoms with Gasteiger partial charge >= 0.3 is 0 Å². The predicted octanol–water partition coefficient (Wildman–Crippen LogP) is 1.69. The fraction of sp³-hybridized carbons (Fsp3) is 0.500. The second-order valence-electron chi connectivity index (χ2n) is 5.16. The summed E-state index contributed by atoms with van der Waals surface area (Å²) in [6, 6.07) is 6.16. The maximum Gasteiger partial charge on any atom is 0.243 e. The van der Waals surface area contributed by atoms with Gasteiger partial charge in [-0.05, 0) is 32.9 Å². The normalized spacial score (nSPS) is 24.6. The first-order chi connectivity index (χ1) is 9.30. The molecule has 0 saturated carbocycles. The average molecular weight is 297 g/mol. The summed E-state index contributed by atoms with van der Waals surface area (Å²) < 4.78 is 32.2. The van der Waals surface area contributed by atoms with E-state index in [9.17, 15) is 13.2 Å². The number of carbonyl (C=O) groups is 1. The van der Waals surface area contributed by atoms with E-state index >= 15 is 0 Å². The van der Waals surface area contributed by atoms with Crippen molar-refractivity contribution in [3.8, 4) is 0 Å².